The monoisotopic (exact) mass is 375 g/mol. The van der Waals surface area contributed by atoms with Crippen LogP contribution in [0, 0.1) is 0 Å². The molecule has 9 nitrogen and oxygen atoms in total. The maximum absolute atomic E-state index is 13.0. The minimum atomic E-state index is -1.10. The van der Waals surface area contributed by atoms with E-state index in [9.17, 15) is 24.3 Å². The van der Waals surface area contributed by atoms with Gasteiger partial charge in [0.1, 0.15) is 6.54 Å². The summed E-state index contributed by atoms with van der Waals surface area (Å²) in [5.74, 6) is -1.55. The molecule has 0 radical (unpaired) electrons. The number of H-pyrrole nitrogens is 1. The molecule has 0 unspecified atom stereocenters. The van der Waals surface area contributed by atoms with E-state index in [1.807, 2.05) is 0 Å². The van der Waals surface area contributed by atoms with E-state index < -0.39 is 29.7 Å². The van der Waals surface area contributed by atoms with Crippen molar-refractivity contribution in [3.05, 3.63) is 44.6 Å². The van der Waals surface area contributed by atoms with Gasteiger partial charge in [-0.25, -0.2) is 4.79 Å². The summed E-state index contributed by atoms with van der Waals surface area (Å²) in [6.45, 7) is 2.44. The molecule has 9 heteroatoms. The number of carbonyl (C=O) groups excluding carboxylic acids is 1. The van der Waals surface area contributed by atoms with Gasteiger partial charge in [-0.15, -0.1) is 0 Å². The molecule has 0 atom stereocenters. The first kappa shape index (κ1) is 18.8. The van der Waals surface area contributed by atoms with Crippen LogP contribution in [-0.2, 0) is 16.1 Å². The fourth-order valence-electron chi connectivity index (χ4n) is 3.35. The number of aromatic nitrogens is 2. The number of aromatic amines is 1. The second-order valence-electron chi connectivity index (χ2n) is 6.41. The minimum absolute atomic E-state index is 0.222. The molecule has 0 bridgehead atoms. The van der Waals surface area contributed by atoms with E-state index in [1.54, 1.807) is 6.92 Å². The average molecular weight is 375 g/mol. The topological polar surface area (TPSA) is 122 Å². The van der Waals surface area contributed by atoms with Crippen LogP contribution in [0.2, 0.25) is 0 Å². The zero-order valence-electron chi connectivity index (χ0n) is 14.9. The van der Waals surface area contributed by atoms with Crippen LogP contribution in [0.25, 0.3) is 10.9 Å². The number of amides is 1. The summed E-state index contributed by atoms with van der Waals surface area (Å²) >= 11 is 0. The lowest BCUT2D eigenvalue weighted by Gasteiger charge is -2.33. The molecule has 0 aliphatic carbocycles. The van der Waals surface area contributed by atoms with Gasteiger partial charge in [0.25, 0.3) is 11.5 Å². The molecule has 0 saturated carbocycles. The van der Waals surface area contributed by atoms with E-state index in [2.05, 4.69) is 4.98 Å². The van der Waals surface area contributed by atoms with Gasteiger partial charge in [0, 0.05) is 31.4 Å². The van der Waals surface area contributed by atoms with Crippen LogP contribution in [0.15, 0.2) is 27.8 Å². The first-order valence-electron chi connectivity index (χ1n) is 8.79. The van der Waals surface area contributed by atoms with Gasteiger partial charge in [0.2, 0.25) is 0 Å². The molecule has 1 aromatic heterocycles. The highest BCUT2D eigenvalue weighted by atomic mass is 16.5. The van der Waals surface area contributed by atoms with Gasteiger partial charge in [0.05, 0.1) is 10.9 Å². The maximum Gasteiger partial charge on any atom is 0.328 e. The highest BCUT2D eigenvalue weighted by molar-refractivity contribution is 5.99. The average Bonchev–Trinajstić information content (AvgIpc) is 2.66. The lowest BCUT2D eigenvalue weighted by Crippen LogP contribution is -2.46. The van der Waals surface area contributed by atoms with Crippen molar-refractivity contribution in [2.45, 2.75) is 32.4 Å². The van der Waals surface area contributed by atoms with Crippen molar-refractivity contribution in [3.8, 4) is 0 Å². The summed E-state index contributed by atoms with van der Waals surface area (Å²) in [5, 5.41) is 9.49. The largest absolute Gasteiger partial charge is 0.480 e. The highest BCUT2D eigenvalue weighted by Gasteiger charge is 2.28. The number of aliphatic carboxylic acids is 1. The number of carbonyl (C=O) groups is 2. The fourth-order valence-corrected chi connectivity index (χ4v) is 3.35. The Morgan fingerprint density at radius 2 is 2.00 bits per heavy atom. The Morgan fingerprint density at radius 1 is 1.30 bits per heavy atom. The van der Waals surface area contributed by atoms with Crippen molar-refractivity contribution >= 4 is 22.8 Å². The molecule has 1 aliphatic rings. The zero-order valence-corrected chi connectivity index (χ0v) is 14.9. The standard InChI is InChI=1S/C18H21N3O6/c1-2-20-17(25)13-4-3-11(9-14(13)19-18(20)26)16(24)21(10-15(22)23)12-5-7-27-8-6-12/h3-4,9,12H,2,5-8,10H2,1H3,(H,19,26)(H,22,23). The fraction of sp³-hybridized carbons (Fsp3) is 0.444. The first-order chi connectivity index (χ1) is 12.9. The number of carboxylic acids is 1. The summed E-state index contributed by atoms with van der Waals surface area (Å²) in [5.41, 5.74) is -0.504. The van der Waals surface area contributed by atoms with Gasteiger partial charge in [-0.05, 0) is 38.0 Å². The summed E-state index contributed by atoms with van der Waals surface area (Å²) in [6.07, 6.45) is 1.12. The Balaban J connectivity index is 2.01. The molecule has 1 aliphatic heterocycles. The Labute approximate surface area is 154 Å². The summed E-state index contributed by atoms with van der Waals surface area (Å²) in [7, 11) is 0. The van der Waals surface area contributed by atoms with Crippen molar-refractivity contribution in [1.29, 1.82) is 0 Å². The van der Waals surface area contributed by atoms with Crippen molar-refractivity contribution in [3.63, 3.8) is 0 Å². The predicted octanol–water partition coefficient (Wildman–Crippen LogP) is 0.416. The quantitative estimate of drug-likeness (QED) is 0.781. The summed E-state index contributed by atoms with van der Waals surface area (Å²) < 4.78 is 6.36. The van der Waals surface area contributed by atoms with Crippen molar-refractivity contribution in [2.75, 3.05) is 19.8 Å². The number of benzene rings is 1. The Morgan fingerprint density at radius 3 is 2.63 bits per heavy atom. The Bertz CT molecular complexity index is 987. The van der Waals surface area contributed by atoms with E-state index in [-0.39, 0.29) is 23.7 Å². The van der Waals surface area contributed by atoms with Gasteiger partial charge in [-0.2, -0.15) is 0 Å². The van der Waals surface area contributed by atoms with Crippen LogP contribution in [0.5, 0.6) is 0 Å². The van der Waals surface area contributed by atoms with Gasteiger partial charge >= 0.3 is 11.7 Å². The third-order valence-electron chi connectivity index (χ3n) is 4.74. The smallest absolute Gasteiger partial charge is 0.328 e. The first-order valence-corrected chi connectivity index (χ1v) is 8.79. The molecular formula is C18H21N3O6. The maximum atomic E-state index is 13.0. The molecule has 1 aromatic carbocycles. The summed E-state index contributed by atoms with van der Waals surface area (Å²) in [6, 6.07) is 4.16. The summed E-state index contributed by atoms with van der Waals surface area (Å²) in [4.78, 5) is 52.5. The van der Waals surface area contributed by atoms with Crippen molar-refractivity contribution < 1.29 is 19.4 Å². The van der Waals surface area contributed by atoms with E-state index in [1.165, 1.54) is 23.1 Å². The van der Waals surface area contributed by atoms with Gasteiger partial charge in [-0.1, -0.05) is 0 Å². The van der Waals surface area contributed by atoms with Gasteiger partial charge in [-0.3, -0.25) is 19.0 Å². The van der Waals surface area contributed by atoms with Crippen molar-refractivity contribution in [1.82, 2.24) is 14.5 Å². The number of nitrogens with one attached hydrogen (secondary N) is 1. The molecule has 144 valence electrons. The number of carboxylic acid groups (broad SMARTS) is 1. The molecule has 2 aromatic rings. The SMILES string of the molecule is CCn1c(=O)[nH]c2cc(C(=O)N(CC(=O)O)C3CCOCC3)ccc2c1=O. The Kier molecular flexibility index (Phi) is 5.41. The third-order valence-corrected chi connectivity index (χ3v) is 4.74. The van der Waals surface area contributed by atoms with Crippen LogP contribution in [0.3, 0.4) is 0 Å². The highest BCUT2D eigenvalue weighted by Crippen LogP contribution is 2.19. The molecular weight excluding hydrogens is 354 g/mol. The molecule has 2 N–H and O–H groups in total. The Hall–Kier alpha value is -2.94. The lowest BCUT2D eigenvalue weighted by molar-refractivity contribution is -0.138. The van der Waals surface area contributed by atoms with Crippen LogP contribution in [0.4, 0.5) is 0 Å². The second kappa shape index (κ2) is 7.75. The molecule has 2 heterocycles. The number of ether oxygens (including phenoxy) is 1. The van der Waals surface area contributed by atoms with E-state index in [0.717, 1.165) is 4.57 Å². The molecule has 0 spiro atoms. The van der Waals surface area contributed by atoms with Crippen LogP contribution in [-0.4, -0.2) is 57.2 Å². The molecule has 1 saturated heterocycles. The normalized spacial score (nSPS) is 15.0. The number of rotatable bonds is 5. The number of nitrogens with zero attached hydrogens (tertiary/aromatic N) is 2. The van der Waals surface area contributed by atoms with Crippen LogP contribution in [0.1, 0.15) is 30.1 Å². The van der Waals surface area contributed by atoms with E-state index >= 15 is 0 Å². The number of hydrogen-bond acceptors (Lipinski definition) is 5. The van der Waals surface area contributed by atoms with E-state index in [4.69, 9.17) is 4.74 Å². The second-order valence-corrected chi connectivity index (χ2v) is 6.41. The third kappa shape index (κ3) is 3.77. The number of fused-ring (bicyclic) bond motifs is 1. The predicted molar refractivity (Wildman–Crippen MR) is 97.0 cm³/mol. The van der Waals surface area contributed by atoms with Crippen molar-refractivity contribution in [2.24, 2.45) is 0 Å². The molecule has 27 heavy (non-hydrogen) atoms. The van der Waals surface area contributed by atoms with Gasteiger partial charge in [0.15, 0.2) is 0 Å². The van der Waals surface area contributed by atoms with Gasteiger partial charge < -0.3 is 19.7 Å². The number of hydrogen-bond donors (Lipinski definition) is 2. The van der Waals surface area contributed by atoms with Crippen LogP contribution >= 0.6 is 0 Å². The van der Waals surface area contributed by atoms with E-state index in [0.29, 0.717) is 31.4 Å². The minimum Gasteiger partial charge on any atom is -0.480 e. The molecule has 3 rings (SSSR count). The molecule has 1 amide bonds. The van der Waals surface area contributed by atoms with Crippen LogP contribution < -0.4 is 11.2 Å². The lowest BCUT2D eigenvalue weighted by atomic mass is 10.0. The zero-order chi connectivity index (χ0) is 19.6. The molecule has 1 fully saturated rings.